The van der Waals surface area contributed by atoms with Crippen molar-refractivity contribution in [3.05, 3.63) is 51.1 Å². The van der Waals surface area contributed by atoms with Gasteiger partial charge in [-0.25, -0.2) is 8.78 Å². The van der Waals surface area contributed by atoms with Crippen LogP contribution in [0.3, 0.4) is 0 Å². The number of rotatable bonds is 11. The third-order valence-electron chi connectivity index (χ3n) is 6.16. The Labute approximate surface area is 229 Å². The second kappa shape index (κ2) is 13.6. The van der Waals surface area contributed by atoms with Crippen molar-refractivity contribution >= 4 is 57.6 Å². The van der Waals surface area contributed by atoms with Crippen LogP contribution < -0.4 is 5.32 Å². The van der Waals surface area contributed by atoms with E-state index in [2.05, 4.69) is 10.2 Å². The lowest BCUT2D eigenvalue weighted by Gasteiger charge is -2.26. The molecule has 6 nitrogen and oxygen atoms in total. The number of thiophene rings is 1. The summed E-state index contributed by atoms with van der Waals surface area (Å²) in [5.74, 6) is -2.09. The number of benzene rings is 1. The molecule has 1 aromatic carbocycles. The largest absolute Gasteiger partial charge is 0.464 e. The number of nitrogens with one attached hydrogen (secondary N) is 1. The lowest BCUT2D eigenvalue weighted by molar-refractivity contribution is -0.144. The minimum Gasteiger partial charge on any atom is -0.464 e. The number of hydrogen-bond donors (Lipinski definition) is 1. The van der Waals surface area contributed by atoms with Gasteiger partial charge < -0.3 is 10.1 Å². The van der Waals surface area contributed by atoms with Crippen LogP contribution >= 0.6 is 35.3 Å². The molecule has 0 spiro atoms. The molecule has 11 heteroatoms. The van der Waals surface area contributed by atoms with E-state index in [4.69, 9.17) is 17.0 Å². The average Bonchev–Trinajstić information content (AvgIpc) is 3.46. The van der Waals surface area contributed by atoms with E-state index in [1.807, 2.05) is 11.4 Å². The number of thiocarbonyl (C=S) groups is 1. The molecular formula is C26H29F2N3O3S3. The first kappa shape index (κ1) is 27.8. The molecule has 0 saturated carbocycles. The Morgan fingerprint density at radius 2 is 1.89 bits per heavy atom. The van der Waals surface area contributed by atoms with Crippen LogP contribution in [0.1, 0.15) is 30.6 Å². The number of unbranched alkanes of at least 4 members (excludes halogenated alkanes) is 2. The minimum atomic E-state index is -0.895. The van der Waals surface area contributed by atoms with E-state index in [1.54, 1.807) is 11.0 Å². The van der Waals surface area contributed by atoms with E-state index in [1.165, 1.54) is 29.2 Å². The van der Waals surface area contributed by atoms with Crippen LogP contribution in [0, 0.1) is 11.6 Å². The van der Waals surface area contributed by atoms with Gasteiger partial charge >= 0.3 is 5.97 Å². The molecule has 2 aliphatic rings. The molecule has 198 valence electrons. The van der Waals surface area contributed by atoms with Crippen molar-refractivity contribution in [2.24, 2.45) is 0 Å². The van der Waals surface area contributed by atoms with Gasteiger partial charge in [-0.3, -0.25) is 19.4 Å². The van der Waals surface area contributed by atoms with E-state index in [0.717, 1.165) is 68.1 Å². The zero-order valence-corrected chi connectivity index (χ0v) is 22.8. The highest BCUT2D eigenvalue weighted by atomic mass is 32.2. The van der Waals surface area contributed by atoms with Crippen LogP contribution in [0.5, 0.6) is 0 Å². The van der Waals surface area contributed by atoms with Crippen molar-refractivity contribution in [2.45, 2.75) is 25.7 Å². The van der Waals surface area contributed by atoms with Gasteiger partial charge in [0.05, 0.1) is 4.91 Å². The molecular weight excluding hydrogens is 537 g/mol. The van der Waals surface area contributed by atoms with Crippen molar-refractivity contribution in [1.29, 1.82) is 0 Å². The molecule has 0 radical (unpaired) electrons. The number of ether oxygens (including phenoxy) is 1. The van der Waals surface area contributed by atoms with Crippen LogP contribution in [0.15, 0.2) is 34.6 Å². The monoisotopic (exact) mass is 565 g/mol. The highest BCUT2D eigenvalue weighted by Gasteiger charge is 2.31. The molecule has 1 N–H and O–H groups in total. The van der Waals surface area contributed by atoms with Crippen molar-refractivity contribution in [3.8, 4) is 11.1 Å². The predicted molar refractivity (Wildman–Crippen MR) is 148 cm³/mol. The van der Waals surface area contributed by atoms with Crippen molar-refractivity contribution in [1.82, 2.24) is 15.1 Å². The molecule has 1 amide bonds. The Bertz CT molecular complexity index is 1160. The Kier molecular flexibility index (Phi) is 10.2. The zero-order chi connectivity index (χ0) is 26.2. The third-order valence-corrected chi connectivity index (χ3v) is 8.42. The highest BCUT2D eigenvalue weighted by molar-refractivity contribution is 8.26. The summed E-state index contributed by atoms with van der Waals surface area (Å²) in [6.07, 6.45) is 4.40. The summed E-state index contributed by atoms with van der Waals surface area (Å²) in [6, 6.07) is 5.63. The second-order valence-electron chi connectivity index (χ2n) is 8.82. The Balaban J connectivity index is 1.18. The first-order valence-corrected chi connectivity index (χ1v) is 14.4. The highest BCUT2D eigenvalue weighted by Crippen LogP contribution is 2.35. The van der Waals surface area contributed by atoms with Gasteiger partial charge in [0.1, 0.15) is 10.9 Å². The summed E-state index contributed by atoms with van der Waals surface area (Å²) in [6.45, 7) is 5.61. The molecule has 2 aliphatic heterocycles. The molecule has 3 heterocycles. The van der Waals surface area contributed by atoms with E-state index in [9.17, 15) is 18.4 Å². The van der Waals surface area contributed by atoms with E-state index >= 15 is 0 Å². The van der Waals surface area contributed by atoms with Crippen molar-refractivity contribution in [3.63, 3.8) is 0 Å². The van der Waals surface area contributed by atoms with Crippen LogP contribution in [-0.2, 0) is 14.3 Å². The lowest BCUT2D eigenvalue weighted by Crippen LogP contribution is -2.44. The third kappa shape index (κ3) is 7.90. The maximum absolute atomic E-state index is 13.6. The maximum atomic E-state index is 13.6. The minimum absolute atomic E-state index is 0.134. The number of halogens is 2. The van der Waals surface area contributed by atoms with Gasteiger partial charge in [0.15, 0.2) is 11.6 Å². The van der Waals surface area contributed by atoms with Crippen LogP contribution in [0.25, 0.3) is 17.2 Å². The molecule has 4 rings (SSSR count). The summed E-state index contributed by atoms with van der Waals surface area (Å²) < 4.78 is 32.6. The summed E-state index contributed by atoms with van der Waals surface area (Å²) in [7, 11) is 0. The molecule has 2 saturated heterocycles. The summed E-state index contributed by atoms with van der Waals surface area (Å²) in [4.78, 5) is 30.1. The number of nitrogens with zero attached hydrogens (tertiary/aromatic N) is 2. The number of carbonyl (C=O) groups excluding carboxylic acids is 2. The van der Waals surface area contributed by atoms with Crippen molar-refractivity contribution < 1.29 is 23.1 Å². The summed E-state index contributed by atoms with van der Waals surface area (Å²) >= 11 is 8.09. The van der Waals surface area contributed by atoms with E-state index < -0.39 is 11.6 Å². The van der Waals surface area contributed by atoms with Crippen LogP contribution in [-0.4, -0.2) is 71.9 Å². The van der Waals surface area contributed by atoms with Gasteiger partial charge in [-0.1, -0.05) is 36.5 Å². The van der Waals surface area contributed by atoms with Crippen LogP contribution in [0.2, 0.25) is 0 Å². The van der Waals surface area contributed by atoms with Crippen LogP contribution in [0.4, 0.5) is 8.78 Å². The van der Waals surface area contributed by atoms with Gasteiger partial charge in [0.2, 0.25) is 0 Å². The van der Waals surface area contributed by atoms with Crippen molar-refractivity contribution in [2.75, 3.05) is 45.9 Å². The molecule has 2 aromatic rings. The number of thioether (sulfide) groups is 1. The Morgan fingerprint density at radius 3 is 2.68 bits per heavy atom. The quantitative estimate of drug-likeness (QED) is 0.180. The smallest absolute Gasteiger partial charge is 0.305 e. The van der Waals surface area contributed by atoms with Gasteiger partial charge in [-0.15, -0.1) is 11.3 Å². The normalized spacial score (nSPS) is 17.7. The fraction of sp³-hybridized carbons (Fsp3) is 0.423. The first-order valence-electron chi connectivity index (χ1n) is 12.3. The van der Waals surface area contributed by atoms with Gasteiger partial charge in [-0.2, -0.15) is 0 Å². The number of hydrogen-bond acceptors (Lipinski definition) is 8. The molecule has 1 aromatic heterocycles. The summed E-state index contributed by atoms with van der Waals surface area (Å²) in [5.41, 5.74) is 1.33. The molecule has 2 fully saturated rings. The molecule has 0 unspecified atom stereocenters. The number of carbonyl (C=O) groups is 2. The zero-order valence-electron chi connectivity index (χ0n) is 20.3. The fourth-order valence-corrected chi connectivity index (χ4v) is 6.31. The second-order valence-corrected chi connectivity index (χ2v) is 11.4. The first-order chi connectivity index (χ1) is 17.9. The molecule has 0 atom stereocenters. The average molecular weight is 566 g/mol. The molecule has 0 aliphatic carbocycles. The van der Waals surface area contributed by atoms with E-state index in [-0.39, 0.29) is 11.9 Å². The fourth-order valence-electron chi connectivity index (χ4n) is 4.09. The predicted octanol–water partition coefficient (Wildman–Crippen LogP) is 4.90. The Hall–Kier alpha value is -2.18. The number of piperazine rings is 1. The molecule has 0 bridgehead atoms. The number of amides is 1. The van der Waals surface area contributed by atoms with E-state index in [0.29, 0.717) is 40.8 Å². The number of esters is 1. The molecule has 37 heavy (non-hydrogen) atoms. The van der Waals surface area contributed by atoms with Gasteiger partial charge in [0.25, 0.3) is 5.91 Å². The van der Waals surface area contributed by atoms with Gasteiger partial charge in [0, 0.05) is 50.6 Å². The standard InChI is InChI=1S/C26H29F2N3O3S3/c27-21-6-5-18(15-22(21)28)19-14-20(36-17-19)16-23-25(33)31(26(35)37-23)9-3-1-2-4-24(32)34-13-12-30-10-7-29-8-11-30/h5-6,14-17,29H,1-4,7-13H2/b23-16-. The topological polar surface area (TPSA) is 61.9 Å². The maximum Gasteiger partial charge on any atom is 0.305 e. The SMILES string of the molecule is O=C(CCCCCN1C(=O)/C(=C/c2cc(-c3ccc(F)c(F)c3)cs2)SC1=S)OCCN1CCNCC1. The van der Waals surface area contributed by atoms with Gasteiger partial charge in [-0.05, 0) is 53.6 Å². The summed E-state index contributed by atoms with van der Waals surface area (Å²) in [5, 5.41) is 5.14. The Morgan fingerprint density at radius 1 is 1.08 bits per heavy atom. The lowest BCUT2D eigenvalue weighted by atomic mass is 10.1.